The zero-order valence-electron chi connectivity index (χ0n) is 18.0. The number of benzene rings is 1. The Balaban J connectivity index is 1.67. The Bertz CT molecular complexity index is 971. The molecule has 2 aromatic rings. The van der Waals surface area contributed by atoms with E-state index in [1.807, 2.05) is 0 Å². The number of carbonyl (C=O) groups is 1. The summed E-state index contributed by atoms with van der Waals surface area (Å²) in [6.07, 6.45) is 0.0993. The van der Waals surface area contributed by atoms with Crippen molar-refractivity contribution in [2.75, 3.05) is 19.5 Å². The summed E-state index contributed by atoms with van der Waals surface area (Å²) in [4.78, 5) is 14.7. The summed E-state index contributed by atoms with van der Waals surface area (Å²) < 4.78 is 47.9. The van der Waals surface area contributed by atoms with Crippen LogP contribution in [0, 0.1) is 0 Å². The SMILES string of the molecule is COc1ccc([C@@H]2C[C@@H](C(F)(F)F)n3nc(C(=O)N(C)C4CCCCC4)c(Cl)c3N2)cc1. The minimum Gasteiger partial charge on any atom is -0.497 e. The number of anilines is 1. The summed E-state index contributed by atoms with van der Waals surface area (Å²) in [7, 11) is 3.19. The van der Waals surface area contributed by atoms with Crippen molar-refractivity contribution in [1.82, 2.24) is 14.7 Å². The van der Waals surface area contributed by atoms with Crippen LogP contribution in [0.25, 0.3) is 0 Å². The number of methoxy groups -OCH3 is 1. The smallest absolute Gasteiger partial charge is 0.410 e. The molecule has 6 nitrogen and oxygen atoms in total. The summed E-state index contributed by atoms with van der Waals surface area (Å²) in [6, 6.07) is 4.32. The summed E-state index contributed by atoms with van der Waals surface area (Å²) in [5, 5.41) is 7.05. The molecule has 10 heteroatoms. The number of hydrogen-bond acceptors (Lipinski definition) is 4. The molecule has 2 aliphatic rings. The van der Waals surface area contributed by atoms with Crippen LogP contribution in [0.5, 0.6) is 5.75 Å². The fourth-order valence-corrected chi connectivity index (χ4v) is 4.84. The van der Waals surface area contributed by atoms with Gasteiger partial charge in [0, 0.05) is 19.5 Å². The van der Waals surface area contributed by atoms with Crippen LogP contribution < -0.4 is 10.1 Å². The van der Waals surface area contributed by atoms with Gasteiger partial charge in [-0.3, -0.25) is 4.79 Å². The summed E-state index contributed by atoms with van der Waals surface area (Å²) >= 11 is 6.46. The van der Waals surface area contributed by atoms with Crippen molar-refractivity contribution in [3.8, 4) is 5.75 Å². The highest BCUT2D eigenvalue weighted by Gasteiger charge is 2.48. The maximum atomic E-state index is 14.0. The third-order valence-corrected chi connectivity index (χ3v) is 6.82. The van der Waals surface area contributed by atoms with E-state index in [2.05, 4.69) is 10.4 Å². The zero-order chi connectivity index (χ0) is 23.0. The molecule has 2 heterocycles. The average Bonchev–Trinajstić information content (AvgIpc) is 3.13. The largest absolute Gasteiger partial charge is 0.497 e. The van der Waals surface area contributed by atoms with E-state index in [0.29, 0.717) is 11.3 Å². The lowest BCUT2D eigenvalue weighted by Gasteiger charge is -2.33. The number of halogens is 4. The van der Waals surface area contributed by atoms with Gasteiger partial charge in [0.05, 0.1) is 13.2 Å². The van der Waals surface area contributed by atoms with E-state index in [1.165, 1.54) is 7.11 Å². The molecular formula is C22H26ClF3N4O2. The molecule has 0 saturated heterocycles. The minimum absolute atomic E-state index is 0.0152. The molecule has 2 atom stereocenters. The lowest BCUT2D eigenvalue weighted by molar-refractivity contribution is -0.173. The molecule has 1 aliphatic heterocycles. The number of ether oxygens (including phenoxy) is 1. The van der Waals surface area contributed by atoms with Crippen molar-refractivity contribution in [3.63, 3.8) is 0 Å². The number of aromatic nitrogens is 2. The van der Waals surface area contributed by atoms with Gasteiger partial charge in [-0.1, -0.05) is 43.0 Å². The van der Waals surface area contributed by atoms with Gasteiger partial charge in [-0.2, -0.15) is 18.3 Å². The molecule has 1 aromatic carbocycles. The van der Waals surface area contributed by atoms with E-state index in [-0.39, 0.29) is 29.0 Å². The third kappa shape index (κ3) is 4.27. The van der Waals surface area contributed by atoms with Crippen LogP contribution in [-0.2, 0) is 0 Å². The van der Waals surface area contributed by atoms with Gasteiger partial charge in [0.2, 0.25) is 0 Å². The first-order valence-corrected chi connectivity index (χ1v) is 11.1. The highest BCUT2D eigenvalue weighted by Crippen LogP contribution is 2.46. The molecule has 0 unspecified atom stereocenters. The Hall–Kier alpha value is -2.42. The van der Waals surface area contributed by atoms with Gasteiger partial charge in [0.1, 0.15) is 16.6 Å². The maximum Gasteiger partial charge on any atom is 0.410 e. The molecule has 1 aromatic heterocycles. The highest BCUT2D eigenvalue weighted by atomic mass is 35.5. The number of hydrogen-bond donors (Lipinski definition) is 1. The molecule has 1 saturated carbocycles. The Labute approximate surface area is 189 Å². The molecule has 174 valence electrons. The first-order valence-electron chi connectivity index (χ1n) is 10.7. The molecule has 1 fully saturated rings. The topological polar surface area (TPSA) is 59.4 Å². The Kier molecular flexibility index (Phi) is 6.29. The summed E-state index contributed by atoms with van der Waals surface area (Å²) in [6.45, 7) is 0. The predicted molar refractivity (Wildman–Crippen MR) is 115 cm³/mol. The second-order valence-corrected chi connectivity index (χ2v) is 8.80. The lowest BCUT2D eigenvalue weighted by atomic mass is 9.94. The quantitative estimate of drug-likeness (QED) is 0.631. The molecule has 0 radical (unpaired) electrons. The normalized spacial score (nSPS) is 21.6. The van der Waals surface area contributed by atoms with E-state index >= 15 is 0 Å². The van der Waals surface area contributed by atoms with E-state index in [1.54, 1.807) is 36.2 Å². The van der Waals surface area contributed by atoms with Crippen LogP contribution in [0.4, 0.5) is 19.0 Å². The summed E-state index contributed by atoms with van der Waals surface area (Å²) in [5.74, 6) is 0.174. The fraction of sp³-hybridized carbons (Fsp3) is 0.545. The van der Waals surface area contributed by atoms with Gasteiger partial charge in [-0.05, 0) is 30.5 Å². The zero-order valence-corrected chi connectivity index (χ0v) is 18.7. The van der Waals surface area contributed by atoms with Gasteiger partial charge in [-0.25, -0.2) is 4.68 Å². The number of nitrogens with zero attached hydrogens (tertiary/aromatic N) is 3. The van der Waals surface area contributed by atoms with Gasteiger partial charge in [0.25, 0.3) is 5.91 Å². The molecule has 1 N–H and O–H groups in total. The second kappa shape index (κ2) is 8.84. The number of fused-ring (bicyclic) bond motifs is 1. The molecular weight excluding hydrogens is 445 g/mol. The molecule has 0 spiro atoms. The minimum atomic E-state index is -4.55. The van der Waals surface area contributed by atoms with Crippen molar-refractivity contribution < 1.29 is 22.7 Å². The van der Waals surface area contributed by atoms with Gasteiger partial charge >= 0.3 is 6.18 Å². The molecule has 4 rings (SSSR count). The lowest BCUT2D eigenvalue weighted by Crippen LogP contribution is -2.39. The number of amides is 1. The van der Waals surface area contributed by atoms with Crippen molar-refractivity contribution in [3.05, 3.63) is 40.5 Å². The predicted octanol–water partition coefficient (Wildman–Crippen LogP) is 5.61. The monoisotopic (exact) mass is 470 g/mol. The molecule has 32 heavy (non-hydrogen) atoms. The van der Waals surface area contributed by atoms with Crippen LogP contribution in [0.1, 0.15) is 66.7 Å². The maximum absolute atomic E-state index is 14.0. The summed E-state index contributed by atoms with van der Waals surface area (Å²) in [5.41, 5.74) is 0.516. The molecule has 1 aliphatic carbocycles. The van der Waals surface area contributed by atoms with Gasteiger partial charge < -0.3 is 15.0 Å². The first kappa shape index (κ1) is 22.8. The standard InChI is InChI=1S/C22H26ClF3N4O2/c1-29(14-6-4-3-5-7-14)21(31)19-18(23)20-27-16(13-8-10-15(32-2)11-9-13)12-17(22(24,25)26)30(20)28-19/h8-11,14,16-17,27H,3-7,12H2,1-2H3/t16-,17-/m0/s1. The van der Waals surface area contributed by atoms with E-state index in [4.69, 9.17) is 16.3 Å². The number of alkyl halides is 3. The average molecular weight is 471 g/mol. The second-order valence-electron chi connectivity index (χ2n) is 8.43. The Morgan fingerprint density at radius 3 is 2.47 bits per heavy atom. The first-order chi connectivity index (χ1) is 15.2. The molecule has 0 bridgehead atoms. The Morgan fingerprint density at radius 2 is 1.88 bits per heavy atom. The van der Waals surface area contributed by atoms with Crippen LogP contribution in [0.2, 0.25) is 5.02 Å². The van der Waals surface area contributed by atoms with Crippen molar-refractivity contribution >= 4 is 23.3 Å². The van der Waals surface area contributed by atoms with Crippen molar-refractivity contribution in [2.24, 2.45) is 0 Å². The molecule has 1 amide bonds. The van der Waals surface area contributed by atoms with Crippen LogP contribution >= 0.6 is 11.6 Å². The van der Waals surface area contributed by atoms with Crippen molar-refractivity contribution in [1.29, 1.82) is 0 Å². The van der Waals surface area contributed by atoms with E-state index < -0.39 is 24.2 Å². The van der Waals surface area contributed by atoms with Crippen LogP contribution in [0.15, 0.2) is 24.3 Å². The van der Waals surface area contributed by atoms with Crippen LogP contribution in [0.3, 0.4) is 0 Å². The van der Waals surface area contributed by atoms with Gasteiger partial charge in [-0.15, -0.1) is 0 Å². The number of carbonyl (C=O) groups excluding carboxylic acids is 1. The van der Waals surface area contributed by atoms with E-state index in [0.717, 1.165) is 36.8 Å². The highest BCUT2D eigenvalue weighted by molar-refractivity contribution is 6.36. The van der Waals surface area contributed by atoms with Crippen molar-refractivity contribution in [2.45, 2.75) is 62.8 Å². The van der Waals surface area contributed by atoms with Crippen LogP contribution in [-0.4, -0.2) is 47.0 Å². The Morgan fingerprint density at radius 1 is 1.22 bits per heavy atom. The van der Waals surface area contributed by atoms with E-state index in [9.17, 15) is 18.0 Å². The number of nitrogens with one attached hydrogen (secondary N) is 1. The fourth-order valence-electron chi connectivity index (χ4n) is 4.58. The number of rotatable bonds is 4. The third-order valence-electron chi connectivity index (χ3n) is 6.46. The van der Waals surface area contributed by atoms with Gasteiger partial charge in [0.15, 0.2) is 11.7 Å².